The molecule has 0 aliphatic rings. The molecule has 0 unspecified atom stereocenters. The Morgan fingerprint density at radius 1 is 1.07 bits per heavy atom. The van der Waals surface area contributed by atoms with Gasteiger partial charge in [-0.2, -0.15) is 0 Å². The van der Waals surface area contributed by atoms with Gasteiger partial charge in [-0.15, -0.1) is 11.3 Å². The van der Waals surface area contributed by atoms with Crippen LogP contribution < -0.4 is 10.2 Å². The van der Waals surface area contributed by atoms with Crippen LogP contribution in [-0.4, -0.2) is 15.5 Å². The molecular weight excluding hydrogens is 390 g/mol. The zero-order valence-electron chi connectivity index (χ0n) is 15.3. The number of amides is 1. The van der Waals surface area contributed by atoms with Crippen LogP contribution in [0.2, 0.25) is 0 Å². The molecule has 0 radical (unpaired) electrons. The Bertz CT molecular complexity index is 1180. The Morgan fingerprint density at radius 3 is 2.61 bits per heavy atom. The van der Waals surface area contributed by atoms with Crippen LogP contribution in [0.4, 0.5) is 5.13 Å². The SMILES string of the molecule is CCc1sc(NC(=O)CCn2c(=O)sc3ccccc32)nc1-c1ccccc1. The minimum absolute atomic E-state index is 0.0390. The number of rotatable bonds is 6. The van der Waals surface area contributed by atoms with E-state index in [1.165, 1.54) is 22.7 Å². The molecule has 0 atom stereocenters. The highest BCUT2D eigenvalue weighted by Crippen LogP contribution is 2.31. The van der Waals surface area contributed by atoms with Crippen LogP contribution in [0.25, 0.3) is 21.5 Å². The highest BCUT2D eigenvalue weighted by Gasteiger charge is 2.14. The first-order chi connectivity index (χ1) is 13.7. The largest absolute Gasteiger partial charge is 0.308 e. The molecule has 0 fully saturated rings. The maximum absolute atomic E-state index is 12.4. The van der Waals surface area contributed by atoms with E-state index >= 15 is 0 Å². The number of carbonyl (C=O) groups excluding carboxylic acids is 1. The van der Waals surface area contributed by atoms with E-state index in [0.717, 1.165) is 32.8 Å². The van der Waals surface area contributed by atoms with Crippen molar-refractivity contribution in [1.82, 2.24) is 9.55 Å². The van der Waals surface area contributed by atoms with Crippen LogP contribution >= 0.6 is 22.7 Å². The molecule has 0 saturated heterocycles. The van der Waals surface area contributed by atoms with E-state index in [4.69, 9.17) is 0 Å². The summed E-state index contributed by atoms with van der Waals surface area (Å²) in [6, 6.07) is 17.6. The first kappa shape index (κ1) is 18.6. The molecule has 2 aromatic heterocycles. The van der Waals surface area contributed by atoms with Gasteiger partial charge in [-0.25, -0.2) is 4.98 Å². The molecule has 1 N–H and O–H groups in total. The average Bonchev–Trinajstić information content (AvgIpc) is 3.27. The third-order valence-corrected chi connectivity index (χ3v) is 6.52. The zero-order valence-corrected chi connectivity index (χ0v) is 17.0. The van der Waals surface area contributed by atoms with Gasteiger partial charge >= 0.3 is 4.87 Å². The highest BCUT2D eigenvalue weighted by atomic mass is 32.1. The van der Waals surface area contributed by atoms with Crippen molar-refractivity contribution in [2.24, 2.45) is 0 Å². The molecule has 0 bridgehead atoms. The standard InChI is InChI=1S/C21H19N3O2S2/c1-2-16-19(14-8-4-3-5-9-14)23-20(27-16)22-18(25)12-13-24-15-10-6-7-11-17(15)28-21(24)26/h3-11H,2,12-13H2,1H3,(H,22,23,25). The van der Waals surface area contributed by atoms with Gasteiger partial charge < -0.3 is 5.32 Å². The number of fused-ring (bicyclic) bond motifs is 1. The third kappa shape index (κ3) is 3.76. The molecule has 4 rings (SSSR count). The van der Waals surface area contributed by atoms with Crippen LogP contribution in [0.1, 0.15) is 18.2 Å². The number of aromatic nitrogens is 2. The predicted octanol–water partition coefficient (Wildman–Crippen LogP) is 4.78. The van der Waals surface area contributed by atoms with Crippen molar-refractivity contribution in [3.63, 3.8) is 0 Å². The van der Waals surface area contributed by atoms with E-state index < -0.39 is 0 Å². The molecule has 1 amide bonds. The van der Waals surface area contributed by atoms with Gasteiger partial charge in [0.25, 0.3) is 0 Å². The number of para-hydroxylation sites is 1. The normalized spacial score (nSPS) is 11.0. The Balaban J connectivity index is 1.48. The fraction of sp³-hybridized carbons (Fsp3) is 0.190. The average molecular weight is 410 g/mol. The minimum atomic E-state index is -0.141. The lowest BCUT2D eigenvalue weighted by Crippen LogP contribution is -2.19. The number of hydrogen-bond acceptors (Lipinski definition) is 5. The van der Waals surface area contributed by atoms with Crippen molar-refractivity contribution < 1.29 is 4.79 Å². The van der Waals surface area contributed by atoms with E-state index in [1.54, 1.807) is 4.57 Å². The molecule has 7 heteroatoms. The van der Waals surface area contributed by atoms with Gasteiger partial charge in [0, 0.05) is 23.4 Å². The molecule has 5 nitrogen and oxygen atoms in total. The maximum Gasteiger partial charge on any atom is 0.308 e. The van der Waals surface area contributed by atoms with E-state index in [0.29, 0.717) is 11.7 Å². The zero-order chi connectivity index (χ0) is 19.5. The second-order valence-corrected chi connectivity index (χ2v) is 8.37. The Kier molecular flexibility index (Phi) is 5.36. The lowest BCUT2D eigenvalue weighted by Gasteiger charge is -2.04. The summed E-state index contributed by atoms with van der Waals surface area (Å²) in [7, 11) is 0. The topological polar surface area (TPSA) is 64.0 Å². The van der Waals surface area contributed by atoms with Crippen molar-refractivity contribution in [3.8, 4) is 11.3 Å². The molecule has 0 saturated carbocycles. The Labute approximate surface area is 170 Å². The summed E-state index contributed by atoms with van der Waals surface area (Å²) in [5.74, 6) is -0.141. The van der Waals surface area contributed by atoms with E-state index in [2.05, 4.69) is 17.2 Å². The fourth-order valence-electron chi connectivity index (χ4n) is 3.09. The van der Waals surface area contributed by atoms with Gasteiger partial charge in [0.2, 0.25) is 5.91 Å². The number of anilines is 1. The maximum atomic E-state index is 12.4. The number of hydrogen-bond donors (Lipinski definition) is 1. The number of nitrogens with one attached hydrogen (secondary N) is 1. The van der Waals surface area contributed by atoms with E-state index in [9.17, 15) is 9.59 Å². The molecule has 142 valence electrons. The summed E-state index contributed by atoms with van der Waals surface area (Å²) in [6.45, 7) is 2.44. The molecule has 0 aliphatic carbocycles. The van der Waals surface area contributed by atoms with Crippen LogP contribution in [0.5, 0.6) is 0 Å². The summed E-state index contributed by atoms with van der Waals surface area (Å²) < 4.78 is 2.60. The van der Waals surface area contributed by atoms with Crippen molar-refractivity contribution in [2.45, 2.75) is 26.3 Å². The van der Waals surface area contributed by atoms with Crippen LogP contribution in [-0.2, 0) is 17.8 Å². The molecule has 2 aromatic carbocycles. The predicted molar refractivity (Wildman–Crippen MR) is 116 cm³/mol. The van der Waals surface area contributed by atoms with Gasteiger partial charge in [-0.1, -0.05) is 60.7 Å². The monoisotopic (exact) mass is 409 g/mol. The minimum Gasteiger partial charge on any atom is -0.302 e. The molecule has 2 heterocycles. The number of carbonyl (C=O) groups is 1. The molecule has 28 heavy (non-hydrogen) atoms. The molecule has 4 aromatic rings. The van der Waals surface area contributed by atoms with E-state index in [1.807, 2.05) is 54.6 Å². The second-order valence-electron chi connectivity index (χ2n) is 6.30. The number of aryl methyl sites for hydroxylation is 2. The Hall–Kier alpha value is -2.77. The van der Waals surface area contributed by atoms with E-state index in [-0.39, 0.29) is 17.2 Å². The number of benzene rings is 2. The van der Waals surface area contributed by atoms with Crippen molar-refractivity contribution in [2.75, 3.05) is 5.32 Å². The van der Waals surface area contributed by atoms with Gasteiger partial charge in [0.1, 0.15) is 0 Å². The van der Waals surface area contributed by atoms with Crippen LogP contribution in [0.15, 0.2) is 59.4 Å². The highest BCUT2D eigenvalue weighted by molar-refractivity contribution is 7.16. The summed E-state index contributed by atoms with van der Waals surface area (Å²) in [4.78, 5) is 30.4. The molecule has 0 aliphatic heterocycles. The number of thiazole rings is 2. The summed E-state index contributed by atoms with van der Waals surface area (Å²) in [5.41, 5.74) is 2.84. The van der Waals surface area contributed by atoms with Gasteiger partial charge in [0.05, 0.1) is 15.9 Å². The summed E-state index contributed by atoms with van der Waals surface area (Å²) in [5, 5.41) is 3.49. The molecule has 0 spiro atoms. The lowest BCUT2D eigenvalue weighted by atomic mass is 10.1. The van der Waals surface area contributed by atoms with Crippen LogP contribution in [0.3, 0.4) is 0 Å². The van der Waals surface area contributed by atoms with Gasteiger partial charge in [-0.3, -0.25) is 14.2 Å². The van der Waals surface area contributed by atoms with Crippen LogP contribution in [0, 0.1) is 0 Å². The lowest BCUT2D eigenvalue weighted by molar-refractivity contribution is -0.116. The summed E-state index contributed by atoms with van der Waals surface area (Å²) >= 11 is 2.71. The smallest absolute Gasteiger partial charge is 0.302 e. The van der Waals surface area contributed by atoms with Crippen molar-refractivity contribution in [3.05, 3.63) is 69.1 Å². The first-order valence-corrected chi connectivity index (χ1v) is 10.7. The number of nitrogens with zero attached hydrogens (tertiary/aromatic N) is 2. The van der Waals surface area contributed by atoms with Gasteiger partial charge in [-0.05, 0) is 18.6 Å². The third-order valence-electron chi connectivity index (χ3n) is 4.45. The second kappa shape index (κ2) is 8.08. The first-order valence-electron chi connectivity index (χ1n) is 9.09. The quantitative estimate of drug-likeness (QED) is 0.499. The molecular formula is C21H19N3O2S2. The Morgan fingerprint density at radius 2 is 1.82 bits per heavy atom. The fourth-order valence-corrected chi connectivity index (χ4v) is 4.94. The van der Waals surface area contributed by atoms with Crippen molar-refractivity contribution in [1.29, 1.82) is 0 Å². The summed E-state index contributed by atoms with van der Waals surface area (Å²) in [6.07, 6.45) is 1.08. The van der Waals surface area contributed by atoms with Gasteiger partial charge in [0.15, 0.2) is 5.13 Å². The van der Waals surface area contributed by atoms with Crippen molar-refractivity contribution >= 4 is 43.9 Å².